The van der Waals surface area contributed by atoms with E-state index in [0.29, 0.717) is 37.2 Å². The number of amides is 3. The van der Waals surface area contributed by atoms with Crippen molar-refractivity contribution >= 4 is 17.7 Å². The lowest BCUT2D eigenvalue weighted by molar-refractivity contribution is -0.136. The minimum absolute atomic E-state index is 0.0209. The summed E-state index contributed by atoms with van der Waals surface area (Å²) in [5.74, 6) is 0.284. The maximum Gasteiger partial charge on any atom is 0.251 e. The third-order valence-corrected chi connectivity index (χ3v) is 5.74. The molecule has 0 spiro atoms. The van der Waals surface area contributed by atoms with Gasteiger partial charge in [-0.2, -0.15) is 0 Å². The molecule has 1 aromatic rings. The van der Waals surface area contributed by atoms with Crippen LogP contribution in [0.2, 0.25) is 0 Å². The van der Waals surface area contributed by atoms with Crippen LogP contribution in [-0.4, -0.2) is 54.9 Å². The van der Waals surface area contributed by atoms with Crippen molar-refractivity contribution in [3.8, 4) is 5.75 Å². The van der Waals surface area contributed by atoms with Crippen molar-refractivity contribution in [3.05, 3.63) is 29.8 Å². The molecular formula is C23H35N3O4. The average molecular weight is 418 g/mol. The monoisotopic (exact) mass is 417 g/mol. The normalized spacial score (nSPS) is 16.7. The molecule has 0 aromatic heterocycles. The third-order valence-electron chi connectivity index (χ3n) is 5.74. The first kappa shape index (κ1) is 23.7. The third kappa shape index (κ3) is 6.21. The van der Waals surface area contributed by atoms with Gasteiger partial charge in [0.1, 0.15) is 11.8 Å². The lowest BCUT2D eigenvalue weighted by Crippen LogP contribution is -2.55. The molecule has 0 aliphatic carbocycles. The van der Waals surface area contributed by atoms with Crippen LogP contribution in [-0.2, 0) is 9.59 Å². The zero-order valence-corrected chi connectivity index (χ0v) is 18.7. The minimum atomic E-state index is -0.634. The largest absolute Gasteiger partial charge is 0.497 e. The van der Waals surface area contributed by atoms with E-state index < -0.39 is 6.04 Å². The molecule has 0 unspecified atom stereocenters. The summed E-state index contributed by atoms with van der Waals surface area (Å²) in [6.45, 7) is 8.95. The number of benzene rings is 1. The Morgan fingerprint density at radius 1 is 1.07 bits per heavy atom. The number of hydrogen-bond acceptors (Lipinski definition) is 4. The van der Waals surface area contributed by atoms with Gasteiger partial charge in [0.2, 0.25) is 11.8 Å². The Morgan fingerprint density at radius 2 is 1.67 bits per heavy atom. The maximum absolute atomic E-state index is 13.0. The van der Waals surface area contributed by atoms with Crippen LogP contribution < -0.4 is 15.4 Å². The van der Waals surface area contributed by atoms with Crippen molar-refractivity contribution in [2.24, 2.45) is 11.8 Å². The zero-order valence-electron chi connectivity index (χ0n) is 18.7. The van der Waals surface area contributed by atoms with E-state index in [1.807, 2.05) is 32.6 Å². The number of nitrogens with zero attached hydrogens (tertiary/aromatic N) is 1. The van der Waals surface area contributed by atoms with E-state index in [1.54, 1.807) is 31.4 Å². The minimum Gasteiger partial charge on any atom is -0.497 e. The molecule has 1 heterocycles. The fourth-order valence-electron chi connectivity index (χ4n) is 3.62. The number of carbonyl (C=O) groups excluding carboxylic acids is 3. The van der Waals surface area contributed by atoms with E-state index in [1.165, 1.54) is 0 Å². The number of carbonyl (C=O) groups is 3. The lowest BCUT2D eigenvalue weighted by atomic mass is 9.88. The van der Waals surface area contributed by atoms with Crippen molar-refractivity contribution in [1.82, 2.24) is 15.5 Å². The highest BCUT2D eigenvalue weighted by molar-refractivity contribution is 5.97. The predicted octanol–water partition coefficient (Wildman–Crippen LogP) is 2.60. The second-order valence-electron chi connectivity index (χ2n) is 8.31. The first-order valence-corrected chi connectivity index (χ1v) is 10.8. The maximum atomic E-state index is 13.0. The molecular weight excluding hydrogens is 382 g/mol. The number of rotatable bonds is 8. The number of likely N-dealkylation sites (tertiary alicyclic amines) is 1. The Hall–Kier alpha value is -2.57. The Morgan fingerprint density at radius 3 is 2.17 bits per heavy atom. The van der Waals surface area contributed by atoms with Crippen molar-refractivity contribution in [2.45, 2.75) is 59.0 Å². The summed E-state index contributed by atoms with van der Waals surface area (Å²) in [6, 6.07) is 6.20. The summed E-state index contributed by atoms with van der Waals surface area (Å²) in [7, 11) is 1.57. The predicted molar refractivity (Wildman–Crippen MR) is 116 cm³/mol. The average Bonchev–Trinajstić information content (AvgIpc) is 2.76. The van der Waals surface area contributed by atoms with E-state index in [4.69, 9.17) is 4.74 Å². The number of piperidine rings is 1. The van der Waals surface area contributed by atoms with Gasteiger partial charge in [0.25, 0.3) is 5.91 Å². The molecule has 1 saturated heterocycles. The summed E-state index contributed by atoms with van der Waals surface area (Å²) in [6.07, 6.45) is 2.17. The molecule has 1 aliphatic rings. The van der Waals surface area contributed by atoms with Gasteiger partial charge in [0, 0.05) is 30.6 Å². The van der Waals surface area contributed by atoms with Crippen LogP contribution >= 0.6 is 0 Å². The van der Waals surface area contributed by atoms with Crippen molar-refractivity contribution in [3.63, 3.8) is 0 Å². The van der Waals surface area contributed by atoms with Gasteiger partial charge in [-0.1, -0.05) is 20.8 Å². The molecule has 2 N–H and O–H groups in total. The summed E-state index contributed by atoms with van der Waals surface area (Å²) in [4.78, 5) is 39.9. The summed E-state index contributed by atoms with van der Waals surface area (Å²) in [5.41, 5.74) is 0.476. The van der Waals surface area contributed by atoms with Crippen LogP contribution in [0, 0.1) is 11.8 Å². The highest BCUT2D eigenvalue weighted by Gasteiger charge is 2.34. The second-order valence-corrected chi connectivity index (χ2v) is 8.31. The van der Waals surface area contributed by atoms with Gasteiger partial charge in [-0.25, -0.2) is 0 Å². The molecule has 2 rings (SSSR count). The first-order chi connectivity index (χ1) is 14.3. The van der Waals surface area contributed by atoms with Gasteiger partial charge in [-0.05, 0) is 56.4 Å². The van der Waals surface area contributed by atoms with Gasteiger partial charge in [-0.3, -0.25) is 14.4 Å². The Kier molecular flexibility index (Phi) is 8.69. The van der Waals surface area contributed by atoms with Gasteiger partial charge in [0.15, 0.2) is 0 Å². The van der Waals surface area contributed by atoms with Gasteiger partial charge in [0.05, 0.1) is 7.11 Å². The smallest absolute Gasteiger partial charge is 0.251 e. The molecule has 1 aliphatic heterocycles. The summed E-state index contributed by atoms with van der Waals surface area (Å²) >= 11 is 0. The quantitative estimate of drug-likeness (QED) is 0.681. The van der Waals surface area contributed by atoms with E-state index in [9.17, 15) is 14.4 Å². The molecule has 2 atom stereocenters. The second kappa shape index (κ2) is 11.0. The molecule has 0 bridgehead atoms. The Bertz CT molecular complexity index is 724. The van der Waals surface area contributed by atoms with E-state index >= 15 is 0 Å². The highest BCUT2D eigenvalue weighted by atomic mass is 16.5. The fraction of sp³-hybridized carbons (Fsp3) is 0.609. The molecule has 1 fully saturated rings. The summed E-state index contributed by atoms with van der Waals surface area (Å²) < 4.78 is 5.14. The SMILES string of the molecule is CC[C@@H](C)NC(=O)[C@H](NC(=O)c1ccc(OC)cc1)C1CCN(C(=O)C(C)C)CC1. The van der Waals surface area contributed by atoms with Crippen LogP contribution in [0.3, 0.4) is 0 Å². The van der Waals surface area contributed by atoms with Crippen LogP contribution in [0.4, 0.5) is 0 Å². The van der Waals surface area contributed by atoms with Crippen molar-refractivity contribution in [1.29, 1.82) is 0 Å². The van der Waals surface area contributed by atoms with Crippen LogP contribution in [0.15, 0.2) is 24.3 Å². The van der Waals surface area contributed by atoms with E-state index in [-0.39, 0.29) is 35.6 Å². The van der Waals surface area contributed by atoms with Crippen LogP contribution in [0.1, 0.15) is 57.3 Å². The van der Waals surface area contributed by atoms with Crippen LogP contribution in [0.5, 0.6) is 5.75 Å². The topological polar surface area (TPSA) is 87.7 Å². The Balaban J connectivity index is 2.11. The molecule has 0 radical (unpaired) electrons. The van der Waals surface area contributed by atoms with Gasteiger partial charge < -0.3 is 20.3 Å². The van der Waals surface area contributed by atoms with Crippen molar-refractivity contribution < 1.29 is 19.1 Å². The lowest BCUT2D eigenvalue weighted by Gasteiger charge is -2.36. The van der Waals surface area contributed by atoms with Crippen LogP contribution in [0.25, 0.3) is 0 Å². The molecule has 3 amide bonds. The molecule has 7 heteroatoms. The summed E-state index contributed by atoms with van der Waals surface area (Å²) in [5, 5.41) is 5.94. The number of hydrogen-bond donors (Lipinski definition) is 2. The molecule has 1 aromatic carbocycles. The van der Waals surface area contributed by atoms with E-state index in [0.717, 1.165) is 6.42 Å². The molecule has 166 valence electrons. The number of ether oxygens (including phenoxy) is 1. The first-order valence-electron chi connectivity index (χ1n) is 10.8. The highest BCUT2D eigenvalue weighted by Crippen LogP contribution is 2.23. The van der Waals surface area contributed by atoms with E-state index in [2.05, 4.69) is 10.6 Å². The Labute approximate surface area is 179 Å². The zero-order chi connectivity index (χ0) is 22.3. The molecule has 30 heavy (non-hydrogen) atoms. The van der Waals surface area contributed by atoms with Gasteiger partial charge >= 0.3 is 0 Å². The number of methoxy groups -OCH3 is 1. The van der Waals surface area contributed by atoms with Crippen molar-refractivity contribution in [2.75, 3.05) is 20.2 Å². The number of nitrogens with one attached hydrogen (secondary N) is 2. The van der Waals surface area contributed by atoms with Gasteiger partial charge in [-0.15, -0.1) is 0 Å². The molecule has 0 saturated carbocycles. The fourth-order valence-corrected chi connectivity index (χ4v) is 3.62. The molecule has 7 nitrogen and oxygen atoms in total. The standard InChI is InChI=1S/C23H35N3O4/c1-6-16(4)24-22(28)20(17-11-13-26(14-12-17)23(29)15(2)3)25-21(27)18-7-9-19(30-5)10-8-18/h7-10,15-17,20H,6,11-14H2,1-5H3,(H,24,28)(H,25,27)/t16-,20-/m1/s1.